The molecule has 5 amide bonds. The van der Waals surface area contributed by atoms with E-state index in [-0.39, 0.29) is 38.7 Å². The van der Waals surface area contributed by atoms with Gasteiger partial charge < -0.3 is 41.8 Å². The molecule has 0 bridgehead atoms. The van der Waals surface area contributed by atoms with Crippen LogP contribution in [-0.4, -0.2) is 74.3 Å². The van der Waals surface area contributed by atoms with E-state index in [1.165, 1.54) is 0 Å². The number of hydrogen-bond acceptors (Lipinski definition) is 8. The number of hydrogen-bond donors (Lipinski definition) is 6. The lowest BCUT2D eigenvalue weighted by molar-refractivity contribution is -0.125. The Morgan fingerprint density at radius 1 is 0.796 bits per heavy atom. The Hall–Kier alpha value is -5.43. The van der Waals surface area contributed by atoms with Crippen LogP contribution in [0.4, 0.5) is 15.3 Å². The van der Waals surface area contributed by atoms with Crippen molar-refractivity contribution in [3.8, 4) is 11.1 Å². The number of primary amides is 1. The first-order valence-electron chi connectivity index (χ1n) is 16.2. The fraction of sp³-hybridized carbons (Fsp3) is 0.361. The summed E-state index contributed by atoms with van der Waals surface area (Å²) in [6, 6.07) is 21.0. The van der Waals surface area contributed by atoms with E-state index in [9.17, 15) is 24.0 Å². The largest absolute Gasteiger partial charge is 0.456 e. The average molecular weight is 673 g/mol. The van der Waals surface area contributed by atoms with Crippen LogP contribution in [0.15, 0.2) is 72.8 Å². The first-order chi connectivity index (χ1) is 23.4. The SMILES string of the molecule is CC(C)(C)OC(=O)c1ccc(NC(=O)CNC(=O)[C@H](CCCNC(N)=O)NCCNC(=O)OCC2c3ccccc3-c3ccccc32)cc1. The van der Waals surface area contributed by atoms with Gasteiger partial charge in [-0.15, -0.1) is 0 Å². The summed E-state index contributed by atoms with van der Waals surface area (Å²) in [5.74, 6) is -1.44. The van der Waals surface area contributed by atoms with Crippen molar-refractivity contribution in [1.29, 1.82) is 0 Å². The molecular weight excluding hydrogens is 628 g/mol. The number of fused-ring (bicyclic) bond motifs is 3. The molecule has 0 saturated heterocycles. The predicted octanol–water partition coefficient (Wildman–Crippen LogP) is 3.64. The van der Waals surface area contributed by atoms with E-state index in [1.54, 1.807) is 45.0 Å². The second kappa shape index (κ2) is 17.1. The van der Waals surface area contributed by atoms with Gasteiger partial charge >= 0.3 is 18.1 Å². The standard InChI is InChI=1S/C36H44N6O7/c1-36(2,3)49-33(45)23-14-16-24(17-15-23)42-31(43)21-41-32(44)30(13-8-18-39-34(37)46)38-19-20-40-35(47)48-22-29-27-11-6-4-9-25(27)26-10-5-7-12-28(26)29/h4-7,9-12,14-17,29-30,38H,8,13,18-22H2,1-3H3,(H,40,47)(H,41,44)(H,42,43)(H3,37,39,46)/t30-/m0/s1. The zero-order valence-electron chi connectivity index (χ0n) is 28.0. The molecule has 49 heavy (non-hydrogen) atoms. The van der Waals surface area contributed by atoms with Crippen molar-refractivity contribution in [2.75, 3.05) is 38.1 Å². The molecule has 1 aliphatic rings. The minimum Gasteiger partial charge on any atom is -0.456 e. The van der Waals surface area contributed by atoms with Gasteiger partial charge in [0.05, 0.1) is 18.2 Å². The molecule has 13 heteroatoms. The minimum atomic E-state index is -0.722. The highest BCUT2D eigenvalue weighted by molar-refractivity contribution is 5.96. The van der Waals surface area contributed by atoms with E-state index >= 15 is 0 Å². The van der Waals surface area contributed by atoms with Crippen molar-refractivity contribution in [1.82, 2.24) is 21.3 Å². The van der Waals surface area contributed by atoms with Crippen LogP contribution >= 0.6 is 0 Å². The number of amides is 5. The molecule has 0 fully saturated rings. The molecule has 3 aromatic rings. The van der Waals surface area contributed by atoms with Crippen LogP contribution in [0.5, 0.6) is 0 Å². The molecule has 13 nitrogen and oxygen atoms in total. The summed E-state index contributed by atoms with van der Waals surface area (Å²) in [5, 5.41) is 13.6. The number of nitrogens with one attached hydrogen (secondary N) is 5. The van der Waals surface area contributed by atoms with Crippen molar-refractivity contribution >= 4 is 35.6 Å². The lowest BCUT2D eigenvalue weighted by Gasteiger charge is -2.19. The summed E-state index contributed by atoms with van der Waals surface area (Å²) in [4.78, 5) is 61.4. The van der Waals surface area contributed by atoms with Gasteiger partial charge in [0.1, 0.15) is 12.2 Å². The van der Waals surface area contributed by atoms with E-state index in [4.69, 9.17) is 15.2 Å². The second-order valence-electron chi connectivity index (χ2n) is 12.5. The fourth-order valence-corrected chi connectivity index (χ4v) is 5.43. The summed E-state index contributed by atoms with van der Waals surface area (Å²) in [5.41, 5.74) is 9.79. The third kappa shape index (κ3) is 11.1. The number of alkyl carbamates (subject to hydrolysis) is 1. The number of urea groups is 1. The molecule has 0 aliphatic heterocycles. The smallest absolute Gasteiger partial charge is 0.407 e. The quantitative estimate of drug-likeness (QED) is 0.104. The highest BCUT2D eigenvalue weighted by Gasteiger charge is 2.29. The van der Waals surface area contributed by atoms with Gasteiger partial charge in [-0.05, 0) is 80.1 Å². The molecule has 0 spiro atoms. The average Bonchev–Trinajstić information content (AvgIpc) is 3.38. The Kier molecular flexibility index (Phi) is 12.7. The van der Waals surface area contributed by atoms with Crippen molar-refractivity contribution in [2.45, 2.75) is 51.2 Å². The number of anilines is 1. The number of rotatable bonds is 15. The molecule has 4 rings (SSSR count). The van der Waals surface area contributed by atoms with Crippen molar-refractivity contribution in [3.05, 3.63) is 89.5 Å². The van der Waals surface area contributed by atoms with Gasteiger partial charge in [0.2, 0.25) is 11.8 Å². The van der Waals surface area contributed by atoms with Crippen molar-refractivity contribution in [2.24, 2.45) is 5.73 Å². The van der Waals surface area contributed by atoms with Crippen molar-refractivity contribution in [3.63, 3.8) is 0 Å². The Morgan fingerprint density at radius 2 is 1.43 bits per heavy atom. The number of carbonyl (C=O) groups excluding carboxylic acids is 5. The van der Waals surface area contributed by atoms with Crippen LogP contribution in [0.1, 0.15) is 61.0 Å². The van der Waals surface area contributed by atoms with Crippen LogP contribution in [0, 0.1) is 0 Å². The number of ether oxygens (including phenoxy) is 2. The first-order valence-corrected chi connectivity index (χ1v) is 16.2. The molecular formula is C36H44N6O7. The van der Waals surface area contributed by atoms with Crippen molar-refractivity contribution < 1.29 is 33.4 Å². The van der Waals surface area contributed by atoms with E-state index in [1.807, 2.05) is 36.4 Å². The molecule has 0 saturated carbocycles. The summed E-state index contributed by atoms with van der Waals surface area (Å²) in [6.45, 7) is 5.88. The maximum atomic E-state index is 13.0. The highest BCUT2D eigenvalue weighted by atomic mass is 16.6. The first kappa shape index (κ1) is 36.4. The van der Waals surface area contributed by atoms with Gasteiger partial charge in [0, 0.05) is 31.2 Å². The molecule has 0 heterocycles. The number of carbonyl (C=O) groups is 5. The predicted molar refractivity (Wildman–Crippen MR) is 185 cm³/mol. The zero-order chi connectivity index (χ0) is 35.4. The number of benzene rings is 3. The van der Waals surface area contributed by atoms with Crippen LogP contribution < -0.4 is 32.3 Å². The Morgan fingerprint density at radius 3 is 2.04 bits per heavy atom. The van der Waals surface area contributed by atoms with Crippen LogP contribution in [0.2, 0.25) is 0 Å². The number of nitrogens with two attached hydrogens (primary N) is 1. The molecule has 0 unspecified atom stereocenters. The lowest BCUT2D eigenvalue weighted by Crippen LogP contribution is -2.48. The van der Waals surface area contributed by atoms with E-state index in [0.717, 1.165) is 22.3 Å². The third-order valence-electron chi connectivity index (χ3n) is 7.64. The monoisotopic (exact) mass is 672 g/mol. The van der Waals surface area contributed by atoms with Gasteiger partial charge in [-0.25, -0.2) is 14.4 Å². The summed E-state index contributed by atoms with van der Waals surface area (Å²) < 4.78 is 10.9. The molecule has 7 N–H and O–H groups in total. The van der Waals surface area contributed by atoms with E-state index < -0.39 is 41.6 Å². The molecule has 260 valence electrons. The molecule has 0 radical (unpaired) electrons. The molecule has 0 aromatic heterocycles. The Bertz CT molecular complexity index is 1590. The fourth-order valence-electron chi connectivity index (χ4n) is 5.43. The summed E-state index contributed by atoms with van der Waals surface area (Å²) in [7, 11) is 0. The maximum Gasteiger partial charge on any atom is 0.407 e. The molecule has 1 atom stereocenters. The second-order valence-corrected chi connectivity index (χ2v) is 12.5. The van der Waals surface area contributed by atoms with Gasteiger partial charge in [-0.1, -0.05) is 48.5 Å². The molecule has 3 aromatic carbocycles. The van der Waals surface area contributed by atoms with Gasteiger partial charge in [-0.3, -0.25) is 9.59 Å². The highest BCUT2D eigenvalue weighted by Crippen LogP contribution is 2.44. The van der Waals surface area contributed by atoms with Gasteiger partial charge in [-0.2, -0.15) is 0 Å². The third-order valence-corrected chi connectivity index (χ3v) is 7.64. The Labute approximate surface area is 285 Å². The van der Waals surface area contributed by atoms with Crippen LogP contribution in [0.25, 0.3) is 11.1 Å². The van der Waals surface area contributed by atoms with Gasteiger partial charge in [0.25, 0.3) is 0 Å². The van der Waals surface area contributed by atoms with Gasteiger partial charge in [0.15, 0.2) is 0 Å². The molecule has 1 aliphatic carbocycles. The summed E-state index contributed by atoms with van der Waals surface area (Å²) >= 11 is 0. The van der Waals surface area contributed by atoms with Crippen LogP contribution in [-0.2, 0) is 19.1 Å². The maximum absolute atomic E-state index is 13.0. The van der Waals surface area contributed by atoms with E-state index in [0.29, 0.717) is 24.1 Å². The van der Waals surface area contributed by atoms with Crippen LogP contribution in [0.3, 0.4) is 0 Å². The van der Waals surface area contributed by atoms with E-state index in [2.05, 4.69) is 38.7 Å². The zero-order valence-corrected chi connectivity index (χ0v) is 28.0. The normalized spacial score (nSPS) is 12.6. The minimum absolute atomic E-state index is 0.0628. The number of esters is 1. The topological polar surface area (TPSA) is 190 Å². The lowest BCUT2D eigenvalue weighted by atomic mass is 9.98. The Balaban J connectivity index is 1.22. The summed E-state index contributed by atoms with van der Waals surface area (Å²) in [6.07, 6.45) is 0.181.